The fourth-order valence-electron chi connectivity index (χ4n) is 2.26. The van der Waals surface area contributed by atoms with Gasteiger partial charge in [0.2, 0.25) is 5.95 Å². The van der Waals surface area contributed by atoms with Gasteiger partial charge in [0.15, 0.2) is 0 Å². The number of nitrogens with zero attached hydrogens (tertiary/aromatic N) is 3. The number of aromatic nitrogens is 4. The molecule has 154 valence electrons. The molecule has 0 saturated heterocycles. The van der Waals surface area contributed by atoms with Crippen molar-refractivity contribution in [1.82, 2.24) is 25.3 Å². The molecular formula is C19H29BrN6O2. The highest BCUT2D eigenvalue weighted by Crippen LogP contribution is 2.29. The molecule has 0 radical (unpaired) electrons. The first-order valence-corrected chi connectivity index (χ1v) is 9.97. The number of amides is 1. The summed E-state index contributed by atoms with van der Waals surface area (Å²) in [6.45, 7) is 14.1. The minimum Gasteiger partial charge on any atom is -0.444 e. The Morgan fingerprint density at radius 3 is 2.50 bits per heavy atom. The van der Waals surface area contributed by atoms with Crippen molar-refractivity contribution in [3.05, 3.63) is 22.7 Å². The lowest BCUT2D eigenvalue weighted by Crippen LogP contribution is -2.41. The Labute approximate surface area is 174 Å². The predicted molar refractivity (Wildman–Crippen MR) is 113 cm³/mol. The SMILES string of the molecule is CC(CNc1nccc(-c2nc(C(C)(C)C)[nH]c2Br)n1)NC(=O)OC(C)(C)C. The fourth-order valence-corrected chi connectivity index (χ4v) is 2.74. The number of alkyl carbamates (subject to hydrolysis) is 1. The monoisotopic (exact) mass is 452 g/mol. The highest BCUT2D eigenvalue weighted by atomic mass is 79.9. The van der Waals surface area contributed by atoms with E-state index in [0.717, 1.165) is 16.1 Å². The van der Waals surface area contributed by atoms with Crippen LogP contribution in [0.3, 0.4) is 0 Å². The molecule has 1 unspecified atom stereocenters. The lowest BCUT2D eigenvalue weighted by atomic mass is 9.96. The van der Waals surface area contributed by atoms with Crippen molar-refractivity contribution in [3.63, 3.8) is 0 Å². The molecule has 2 aromatic rings. The molecular weight excluding hydrogens is 424 g/mol. The third kappa shape index (κ3) is 6.47. The van der Waals surface area contributed by atoms with Gasteiger partial charge in [0.05, 0.1) is 5.69 Å². The first-order chi connectivity index (χ1) is 12.8. The highest BCUT2D eigenvalue weighted by molar-refractivity contribution is 9.10. The minimum absolute atomic E-state index is 0.0996. The van der Waals surface area contributed by atoms with Gasteiger partial charge in [-0.25, -0.2) is 19.7 Å². The summed E-state index contributed by atoms with van der Waals surface area (Å²) in [5.74, 6) is 1.33. The quantitative estimate of drug-likeness (QED) is 0.625. The Kier molecular flexibility index (Phi) is 6.69. The van der Waals surface area contributed by atoms with E-state index in [-0.39, 0.29) is 11.5 Å². The minimum atomic E-state index is -0.530. The van der Waals surface area contributed by atoms with Crippen LogP contribution in [0.5, 0.6) is 0 Å². The molecule has 1 amide bonds. The van der Waals surface area contributed by atoms with Gasteiger partial charge < -0.3 is 20.4 Å². The van der Waals surface area contributed by atoms with Crippen molar-refractivity contribution in [1.29, 1.82) is 0 Å². The topological polar surface area (TPSA) is 105 Å². The lowest BCUT2D eigenvalue weighted by Gasteiger charge is -2.22. The first-order valence-electron chi connectivity index (χ1n) is 9.18. The van der Waals surface area contributed by atoms with Gasteiger partial charge in [0.1, 0.15) is 21.7 Å². The van der Waals surface area contributed by atoms with Crippen LogP contribution in [-0.4, -0.2) is 44.2 Å². The second-order valence-electron chi connectivity index (χ2n) is 8.69. The molecule has 0 aliphatic rings. The molecule has 28 heavy (non-hydrogen) atoms. The first kappa shape index (κ1) is 22.1. The molecule has 2 rings (SSSR count). The molecule has 0 fully saturated rings. The summed E-state index contributed by atoms with van der Waals surface area (Å²) < 4.78 is 6.03. The Morgan fingerprint density at radius 1 is 1.25 bits per heavy atom. The van der Waals surface area contributed by atoms with Crippen LogP contribution in [-0.2, 0) is 10.2 Å². The normalized spacial score (nSPS) is 13.1. The van der Waals surface area contributed by atoms with Gasteiger partial charge in [0.25, 0.3) is 0 Å². The molecule has 0 aliphatic carbocycles. The van der Waals surface area contributed by atoms with Crippen LogP contribution in [0, 0.1) is 0 Å². The van der Waals surface area contributed by atoms with Gasteiger partial charge in [0, 0.05) is 24.2 Å². The predicted octanol–water partition coefficient (Wildman–Crippen LogP) is 4.25. The number of hydrogen-bond donors (Lipinski definition) is 3. The van der Waals surface area contributed by atoms with Crippen LogP contribution in [0.1, 0.15) is 54.3 Å². The maximum atomic E-state index is 11.8. The van der Waals surface area contributed by atoms with Gasteiger partial charge >= 0.3 is 6.09 Å². The molecule has 0 bridgehead atoms. The summed E-state index contributed by atoms with van der Waals surface area (Å²) in [7, 11) is 0. The zero-order chi connectivity index (χ0) is 21.1. The van der Waals surface area contributed by atoms with Crippen LogP contribution >= 0.6 is 15.9 Å². The van der Waals surface area contributed by atoms with Gasteiger partial charge in [-0.2, -0.15) is 0 Å². The van der Waals surface area contributed by atoms with E-state index >= 15 is 0 Å². The van der Waals surface area contributed by atoms with Crippen molar-refractivity contribution in [2.45, 2.75) is 65.5 Å². The number of H-pyrrole nitrogens is 1. The molecule has 1 atom stereocenters. The van der Waals surface area contributed by atoms with Crippen LogP contribution in [0.15, 0.2) is 16.9 Å². The summed E-state index contributed by atoms with van der Waals surface area (Å²) in [6.07, 6.45) is 1.22. The zero-order valence-corrected chi connectivity index (χ0v) is 19.1. The van der Waals surface area contributed by atoms with E-state index in [4.69, 9.17) is 4.74 Å². The summed E-state index contributed by atoms with van der Waals surface area (Å²) >= 11 is 3.52. The average molecular weight is 453 g/mol. The van der Waals surface area contributed by atoms with Crippen molar-refractivity contribution < 1.29 is 9.53 Å². The molecule has 0 spiro atoms. The van der Waals surface area contributed by atoms with Gasteiger partial charge in [-0.3, -0.25) is 0 Å². The summed E-state index contributed by atoms with van der Waals surface area (Å²) in [5, 5.41) is 5.91. The third-order valence-corrected chi connectivity index (χ3v) is 4.17. The number of aromatic amines is 1. The second-order valence-corrected chi connectivity index (χ2v) is 9.48. The van der Waals surface area contributed by atoms with Crippen molar-refractivity contribution in [3.8, 4) is 11.4 Å². The smallest absolute Gasteiger partial charge is 0.407 e. The zero-order valence-electron chi connectivity index (χ0n) is 17.5. The summed E-state index contributed by atoms with van der Waals surface area (Å²) in [6, 6.07) is 1.65. The molecule has 0 saturated carbocycles. The number of anilines is 1. The number of carbonyl (C=O) groups is 1. The Balaban J connectivity index is 2.02. The molecule has 3 N–H and O–H groups in total. The molecule has 0 aromatic carbocycles. The van der Waals surface area contributed by atoms with E-state index in [1.807, 2.05) is 27.7 Å². The molecule has 9 heteroatoms. The van der Waals surface area contributed by atoms with E-state index < -0.39 is 11.7 Å². The van der Waals surface area contributed by atoms with Crippen LogP contribution in [0.4, 0.5) is 10.7 Å². The van der Waals surface area contributed by atoms with Crippen molar-refractivity contribution >= 4 is 28.0 Å². The summed E-state index contributed by atoms with van der Waals surface area (Å²) in [4.78, 5) is 28.5. The standard InChI is InChI=1S/C19H29BrN6O2/c1-11(23-17(27)28-19(5,6)7)10-22-16-21-9-8-12(24-16)13-14(20)26-15(25-13)18(2,3)4/h8-9,11H,10H2,1-7H3,(H,23,27)(H,25,26)(H,21,22,24). The molecule has 0 aliphatic heterocycles. The molecule has 8 nitrogen and oxygen atoms in total. The number of hydrogen-bond acceptors (Lipinski definition) is 6. The largest absolute Gasteiger partial charge is 0.444 e. The van der Waals surface area contributed by atoms with Crippen molar-refractivity contribution in [2.24, 2.45) is 0 Å². The van der Waals surface area contributed by atoms with Gasteiger partial charge in [-0.05, 0) is 49.7 Å². The third-order valence-electron chi connectivity index (χ3n) is 3.60. The Morgan fingerprint density at radius 2 is 1.93 bits per heavy atom. The number of imidazole rings is 1. The number of carbonyl (C=O) groups excluding carboxylic acids is 1. The van der Waals surface area contributed by atoms with Gasteiger partial charge in [-0.15, -0.1) is 0 Å². The maximum absolute atomic E-state index is 11.8. The van der Waals surface area contributed by atoms with E-state index in [0.29, 0.717) is 18.2 Å². The molecule has 2 heterocycles. The van der Waals surface area contributed by atoms with E-state index in [9.17, 15) is 4.79 Å². The number of nitrogens with one attached hydrogen (secondary N) is 3. The number of halogens is 1. The Bertz CT molecular complexity index is 823. The number of ether oxygens (including phenoxy) is 1. The fraction of sp³-hybridized carbons (Fsp3) is 0.579. The van der Waals surface area contributed by atoms with Crippen molar-refractivity contribution in [2.75, 3.05) is 11.9 Å². The number of rotatable bonds is 5. The lowest BCUT2D eigenvalue weighted by molar-refractivity contribution is 0.0511. The van der Waals surface area contributed by atoms with E-state index in [1.54, 1.807) is 12.3 Å². The van der Waals surface area contributed by atoms with Crippen LogP contribution in [0.25, 0.3) is 11.4 Å². The van der Waals surface area contributed by atoms with E-state index in [1.165, 1.54) is 0 Å². The Hall–Kier alpha value is -2.16. The summed E-state index contributed by atoms with van der Waals surface area (Å²) in [5.41, 5.74) is 0.800. The maximum Gasteiger partial charge on any atom is 0.407 e. The van der Waals surface area contributed by atoms with Crippen LogP contribution in [0.2, 0.25) is 0 Å². The van der Waals surface area contributed by atoms with Gasteiger partial charge in [-0.1, -0.05) is 20.8 Å². The van der Waals surface area contributed by atoms with E-state index in [2.05, 4.69) is 67.3 Å². The second kappa shape index (κ2) is 8.46. The van der Waals surface area contributed by atoms with Crippen LogP contribution < -0.4 is 10.6 Å². The average Bonchev–Trinajstić information content (AvgIpc) is 2.93. The highest BCUT2D eigenvalue weighted by Gasteiger charge is 2.22. The molecule has 2 aromatic heterocycles.